The fourth-order valence-electron chi connectivity index (χ4n) is 8.54. The third kappa shape index (κ3) is 7.57. The predicted molar refractivity (Wildman–Crippen MR) is 156 cm³/mol. The lowest BCUT2D eigenvalue weighted by atomic mass is 9.52. The second-order valence-corrected chi connectivity index (χ2v) is 13.5. The van der Waals surface area contributed by atoms with Crippen LogP contribution in [0.2, 0.25) is 0 Å². The summed E-state index contributed by atoms with van der Waals surface area (Å²) in [5.74, 6) is -2.42. The number of carbonyl (C=O) groups is 1. The molecule has 42 heavy (non-hydrogen) atoms. The molecule has 3 nitrogen and oxygen atoms in total. The summed E-state index contributed by atoms with van der Waals surface area (Å²) < 4.78 is 62.6. The molecule has 3 aliphatic rings. The predicted octanol–water partition coefficient (Wildman–Crippen LogP) is 8.73. The summed E-state index contributed by atoms with van der Waals surface area (Å²) in [5, 5.41) is 10.4. The molecule has 0 spiro atoms. The van der Waals surface area contributed by atoms with E-state index in [9.17, 15) is 31.9 Å². The minimum absolute atomic E-state index is 0.00246. The first-order valence-corrected chi connectivity index (χ1v) is 16.4. The van der Waals surface area contributed by atoms with Gasteiger partial charge in [-0.05, 0) is 106 Å². The highest BCUT2D eigenvalue weighted by atomic mass is 19.4. The van der Waals surface area contributed by atoms with Crippen LogP contribution in [0.25, 0.3) is 0 Å². The van der Waals surface area contributed by atoms with Crippen molar-refractivity contribution in [1.29, 1.82) is 0 Å². The van der Waals surface area contributed by atoms with Gasteiger partial charge < -0.3 is 10.0 Å². The third-order valence-corrected chi connectivity index (χ3v) is 10.9. The zero-order chi connectivity index (χ0) is 30.4. The van der Waals surface area contributed by atoms with Gasteiger partial charge in [0.25, 0.3) is 0 Å². The number of Topliss-reactive ketones (excluding diaryl/α,β-unsaturated/α-hetero) is 1. The molecule has 4 rings (SSSR count). The molecule has 1 aromatic rings. The number of aliphatic hydroxyl groups is 1. The first kappa shape index (κ1) is 33.4. The van der Waals surface area contributed by atoms with E-state index >= 15 is 0 Å². The van der Waals surface area contributed by atoms with Gasteiger partial charge in [0.15, 0.2) is 0 Å². The number of aliphatic hydroxyl groups excluding tert-OH is 1. The van der Waals surface area contributed by atoms with Crippen LogP contribution in [0.1, 0.15) is 113 Å². The van der Waals surface area contributed by atoms with Crippen molar-refractivity contribution in [3.8, 4) is 0 Å². The van der Waals surface area contributed by atoms with E-state index in [0.29, 0.717) is 48.7 Å². The molecule has 0 heterocycles. The van der Waals surface area contributed by atoms with Crippen molar-refractivity contribution in [2.24, 2.45) is 23.2 Å². The van der Waals surface area contributed by atoms with Gasteiger partial charge in [-0.1, -0.05) is 62.8 Å². The van der Waals surface area contributed by atoms with Crippen LogP contribution in [0, 0.1) is 23.2 Å². The average Bonchev–Trinajstić information content (AvgIpc) is 3.29. The van der Waals surface area contributed by atoms with E-state index in [1.807, 2.05) is 0 Å². The molecule has 0 radical (unpaired) electrons. The number of halogens is 5. The van der Waals surface area contributed by atoms with Crippen LogP contribution in [0.3, 0.4) is 0 Å². The largest absolute Gasteiger partial charge is 0.453 e. The van der Waals surface area contributed by atoms with Gasteiger partial charge >= 0.3 is 12.1 Å². The zero-order valence-corrected chi connectivity index (χ0v) is 25.2. The summed E-state index contributed by atoms with van der Waals surface area (Å²) in [7, 11) is 2.09. The van der Waals surface area contributed by atoms with Gasteiger partial charge in [-0.2, -0.15) is 22.0 Å². The summed E-state index contributed by atoms with van der Waals surface area (Å²) in [4.78, 5) is 15.2. The van der Waals surface area contributed by atoms with Gasteiger partial charge in [-0.25, -0.2) is 0 Å². The fraction of sp³-hybridized carbons (Fsp3) is 0.794. The van der Waals surface area contributed by atoms with E-state index in [4.69, 9.17) is 0 Å². The number of ketones is 1. The van der Waals surface area contributed by atoms with Gasteiger partial charge in [0.05, 0.1) is 12.0 Å². The van der Waals surface area contributed by atoms with Gasteiger partial charge in [-0.3, -0.25) is 4.79 Å². The molecule has 1 N–H and O–H groups in total. The molecule has 238 valence electrons. The van der Waals surface area contributed by atoms with E-state index in [2.05, 4.69) is 36.2 Å². The number of benzene rings is 1. The Kier molecular flexibility index (Phi) is 11.5. The second-order valence-electron chi connectivity index (χ2n) is 13.5. The molecule has 1 aromatic carbocycles. The average molecular weight is 600 g/mol. The fourth-order valence-corrected chi connectivity index (χ4v) is 8.54. The number of rotatable bonds is 16. The number of hydrogen-bond acceptors (Lipinski definition) is 3. The normalized spacial score (nSPS) is 27.7. The van der Waals surface area contributed by atoms with E-state index in [0.717, 1.165) is 64.5 Å². The van der Waals surface area contributed by atoms with Crippen LogP contribution in [0.4, 0.5) is 22.0 Å². The van der Waals surface area contributed by atoms with Crippen LogP contribution in [0.15, 0.2) is 24.3 Å². The summed E-state index contributed by atoms with van der Waals surface area (Å²) in [6, 6.07) is 8.87. The van der Waals surface area contributed by atoms with Crippen molar-refractivity contribution in [2.45, 2.75) is 121 Å². The number of hydrogen-bond donors (Lipinski definition) is 1. The number of unbranched alkanes of at least 4 members (excludes halogenated alkanes) is 7. The molecule has 0 aromatic heterocycles. The highest BCUT2D eigenvalue weighted by Crippen LogP contribution is 2.61. The molecule has 5 atom stereocenters. The Morgan fingerprint density at radius 2 is 1.55 bits per heavy atom. The third-order valence-electron chi connectivity index (χ3n) is 10.9. The maximum Gasteiger partial charge on any atom is 0.453 e. The Balaban J connectivity index is 1.13. The van der Waals surface area contributed by atoms with Crippen molar-refractivity contribution in [2.75, 3.05) is 26.7 Å². The lowest BCUT2D eigenvalue weighted by Gasteiger charge is -2.52. The van der Waals surface area contributed by atoms with Gasteiger partial charge in [0, 0.05) is 12.8 Å². The molecule has 0 amide bonds. The van der Waals surface area contributed by atoms with Gasteiger partial charge in [0.2, 0.25) is 0 Å². The maximum absolute atomic E-state index is 13.0. The highest BCUT2D eigenvalue weighted by molar-refractivity contribution is 5.87. The molecule has 2 fully saturated rings. The SMILES string of the molecule is CN(CCCCCCCC(F)(F)C(F)(F)F)CCCCCC[C@@H]1Cc2ccccc2[C@H]2CC[C@]3(CO)C(=O)CC[C@H]3[C@H]12. The second kappa shape index (κ2) is 14.5. The van der Waals surface area contributed by atoms with Crippen molar-refractivity contribution in [3.63, 3.8) is 0 Å². The molecule has 2 saturated carbocycles. The van der Waals surface area contributed by atoms with E-state index in [1.54, 1.807) is 0 Å². The lowest BCUT2D eigenvalue weighted by Crippen LogP contribution is -2.49. The topological polar surface area (TPSA) is 40.5 Å². The Morgan fingerprint density at radius 3 is 2.24 bits per heavy atom. The molecular weight excluding hydrogens is 549 g/mol. The zero-order valence-electron chi connectivity index (χ0n) is 25.2. The highest BCUT2D eigenvalue weighted by Gasteiger charge is 2.59. The number of alkyl halides is 5. The summed E-state index contributed by atoms with van der Waals surface area (Å²) in [6.07, 6.45) is 6.48. The van der Waals surface area contributed by atoms with Gasteiger partial charge in [-0.15, -0.1) is 0 Å². The molecule has 0 aliphatic heterocycles. The summed E-state index contributed by atoms with van der Waals surface area (Å²) in [6.45, 7) is 1.92. The Bertz CT molecular complexity index is 1010. The van der Waals surface area contributed by atoms with Crippen LogP contribution in [-0.2, 0) is 11.2 Å². The molecular formula is C34H50F5NO2. The first-order chi connectivity index (χ1) is 20.0. The van der Waals surface area contributed by atoms with E-state index < -0.39 is 23.9 Å². The first-order valence-electron chi connectivity index (χ1n) is 16.4. The smallest absolute Gasteiger partial charge is 0.395 e. The molecule has 0 saturated heterocycles. The van der Waals surface area contributed by atoms with Crippen molar-refractivity contribution in [3.05, 3.63) is 35.4 Å². The minimum atomic E-state index is -5.44. The number of carbonyl (C=O) groups excluding carboxylic acids is 1. The quantitative estimate of drug-likeness (QED) is 0.153. The van der Waals surface area contributed by atoms with Crippen molar-refractivity contribution < 1.29 is 31.9 Å². The summed E-state index contributed by atoms with van der Waals surface area (Å²) in [5.41, 5.74) is 2.46. The van der Waals surface area contributed by atoms with E-state index in [-0.39, 0.29) is 13.0 Å². The number of fused-ring (bicyclic) bond motifs is 5. The molecule has 3 aliphatic carbocycles. The monoisotopic (exact) mass is 599 g/mol. The Morgan fingerprint density at radius 1 is 0.905 bits per heavy atom. The van der Waals surface area contributed by atoms with E-state index in [1.165, 1.54) is 30.4 Å². The summed E-state index contributed by atoms with van der Waals surface area (Å²) >= 11 is 0. The number of nitrogens with zero attached hydrogens (tertiary/aromatic N) is 1. The minimum Gasteiger partial charge on any atom is -0.395 e. The van der Waals surface area contributed by atoms with Crippen LogP contribution >= 0.6 is 0 Å². The maximum atomic E-state index is 13.0. The Hall–Kier alpha value is -1.54. The van der Waals surface area contributed by atoms with Crippen LogP contribution in [-0.4, -0.2) is 54.6 Å². The molecule has 8 heteroatoms. The van der Waals surface area contributed by atoms with Crippen LogP contribution in [0.5, 0.6) is 0 Å². The van der Waals surface area contributed by atoms with Crippen molar-refractivity contribution >= 4 is 5.78 Å². The van der Waals surface area contributed by atoms with Crippen LogP contribution < -0.4 is 0 Å². The van der Waals surface area contributed by atoms with Gasteiger partial charge in [0.1, 0.15) is 5.78 Å². The molecule has 0 unspecified atom stereocenters. The molecule has 0 bridgehead atoms. The van der Waals surface area contributed by atoms with Crippen molar-refractivity contribution in [1.82, 2.24) is 4.90 Å². The Labute approximate surface area is 248 Å². The standard InChI is InChI=1S/C34H50F5NO2/c1-40(21-11-5-2-4-10-19-33(35,36)34(37,38)39)22-12-6-3-7-14-26-23-25-13-8-9-15-27(25)28-18-20-32(24-41)29(31(26)28)16-17-30(32)42/h8-9,13,15,26,28-29,31,41H,2-7,10-12,14,16-24H2,1H3/t26-,28-,29+,31-,32-/m1/s1. The lowest BCUT2D eigenvalue weighted by molar-refractivity contribution is -0.284.